The van der Waals surface area contributed by atoms with Crippen molar-refractivity contribution in [1.29, 1.82) is 0 Å². The van der Waals surface area contributed by atoms with Crippen LogP contribution in [0.5, 0.6) is 0 Å². The molecule has 1 aliphatic carbocycles. The molecule has 4 heteroatoms. The van der Waals surface area contributed by atoms with Crippen molar-refractivity contribution in [3.63, 3.8) is 0 Å². The number of nitrogens with two attached hydrogens (primary N) is 1. The largest absolute Gasteiger partial charge is 0.397 e. The van der Waals surface area contributed by atoms with Gasteiger partial charge in [0.1, 0.15) is 5.69 Å². The molecule has 0 bridgehead atoms. The molecule has 1 amide bonds. The molecule has 2 rings (SSSR count). The standard InChI is InChI=1S/C15H23N3O/c1-2-9-18-11-13(16)10-14(18)15(19)17-8-7-12-5-3-4-6-12/h5,10-11H,2-4,6-9,16H2,1H3,(H,17,19). The highest BCUT2D eigenvalue weighted by Gasteiger charge is 2.12. The minimum absolute atomic E-state index is 0.0243. The Morgan fingerprint density at radius 2 is 2.37 bits per heavy atom. The molecule has 1 aliphatic rings. The molecule has 3 N–H and O–H groups in total. The number of hydrogen-bond donors (Lipinski definition) is 2. The molecule has 0 spiro atoms. The average Bonchev–Trinajstić information content (AvgIpc) is 2.99. The lowest BCUT2D eigenvalue weighted by molar-refractivity contribution is 0.0944. The number of aryl methyl sites for hydroxylation is 1. The second-order valence-corrected chi connectivity index (χ2v) is 5.11. The molecule has 1 aromatic rings. The number of carbonyl (C=O) groups excluding carboxylic acids is 1. The fourth-order valence-corrected chi connectivity index (χ4v) is 2.54. The maximum atomic E-state index is 12.1. The van der Waals surface area contributed by atoms with Gasteiger partial charge in [0.2, 0.25) is 0 Å². The van der Waals surface area contributed by atoms with Crippen LogP contribution in [0, 0.1) is 0 Å². The lowest BCUT2D eigenvalue weighted by Gasteiger charge is -2.09. The zero-order valence-corrected chi connectivity index (χ0v) is 11.6. The lowest BCUT2D eigenvalue weighted by atomic mass is 10.2. The Morgan fingerprint density at radius 1 is 1.53 bits per heavy atom. The van der Waals surface area contributed by atoms with E-state index in [1.165, 1.54) is 24.8 Å². The number of hydrogen-bond acceptors (Lipinski definition) is 2. The number of rotatable bonds is 6. The first-order chi connectivity index (χ1) is 9.20. The van der Waals surface area contributed by atoms with Crippen LogP contribution in [0.2, 0.25) is 0 Å². The number of anilines is 1. The molecule has 0 atom stereocenters. The summed E-state index contributed by atoms with van der Waals surface area (Å²) in [4.78, 5) is 12.1. The summed E-state index contributed by atoms with van der Waals surface area (Å²) >= 11 is 0. The quantitative estimate of drug-likeness (QED) is 0.773. The van der Waals surface area contributed by atoms with Crippen LogP contribution in [-0.4, -0.2) is 17.0 Å². The van der Waals surface area contributed by atoms with E-state index in [4.69, 9.17) is 5.73 Å². The second kappa shape index (κ2) is 6.45. The van der Waals surface area contributed by atoms with Gasteiger partial charge in [0.25, 0.3) is 5.91 Å². The molecule has 0 radical (unpaired) electrons. The van der Waals surface area contributed by atoms with Crippen LogP contribution in [0.4, 0.5) is 5.69 Å². The van der Waals surface area contributed by atoms with E-state index in [9.17, 15) is 4.79 Å². The summed E-state index contributed by atoms with van der Waals surface area (Å²) in [5.74, 6) is -0.0243. The summed E-state index contributed by atoms with van der Waals surface area (Å²) in [6.45, 7) is 3.62. The Labute approximate surface area is 114 Å². The van der Waals surface area contributed by atoms with Gasteiger partial charge in [-0.05, 0) is 38.2 Å². The van der Waals surface area contributed by atoms with Crippen LogP contribution in [0.3, 0.4) is 0 Å². The molecule has 0 aromatic carbocycles. The van der Waals surface area contributed by atoms with Crippen LogP contribution >= 0.6 is 0 Å². The van der Waals surface area contributed by atoms with Gasteiger partial charge >= 0.3 is 0 Å². The highest BCUT2D eigenvalue weighted by Crippen LogP contribution is 2.19. The molecule has 0 saturated carbocycles. The van der Waals surface area contributed by atoms with Crippen LogP contribution in [0.25, 0.3) is 0 Å². The van der Waals surface area contributed by atoms with E-state index in [1.54, 1.807) is 6.07 Å². The summed E-state index contributed by atoms with van der Waals surface area (Å²) in [6.07, 6.45) is 9.73. The third-order valence-electron chi connectivity index (χ3n) is 3.48. The first-order valence-electron chi connectivity index (χ1n) is 7.12. The summed E-state index contributed by atoms with van der Waals surface area (Å²) < 4.78 is 1.93. The minimum atomic E-state index is -0.0243. The molecular weight excluding hydrogens is 238 g/mol. The number of allylic oxidation sites excluding steroid dienone is 1. The molecule has 19 heavy (non-hydrogen) atoms. The molecular formula is C15H23N3O. The Bertz CT molecular complexity index is 474. The highest BCUT2D eigenvalue weighted by atomic mass is 16.1. The van der Waals surface area contributed by atoms with Crippen LogP contribution in [-0.2, 0) is 6.54 Å². The summed E-state index contributed by atoms with van der Waals surface area (Å²) in [6, 6.07) is 1.75. The predicted octanol–water partition coefficient (Wildman–Crippen LogP) is 2.71. The third-order valence-corrected chi connectivity index (χ3v) is 3.48. The van der Waals surface area contributed by atoms with Crippen molar-refractivity contribution in [3.05, 3.63) is 29.6 Å². The van der Waals surface area contributed by atoms with Crippen molar-refractivity contribution >= 4 is 11.6 Å². The van der Waals surface area contributed by atoms with Gasteiger partial charge in [-0.15, -0.1) is 0 Å². The van der Waals surface area contributed by atoms with Crippen molar-refractivity contribution in [2.75, 3.05) is 12.3 Å². The van der Waals surface area contributed by atoms with Crippen molar-refractivity contribution in [3.8, 4) is 0 Å². The zero-order valence-electron chi connectivity index (χ0n) is 11.6. The van der Waals surface area contributed by atoms with Crippen molar-refractivity contribution in [2.24, 2.45) is 0 Å². The Balaban J connectivity index is 1.88. The van der Waals surface area contributed by atoms with Gasteiger partial charge in [-0.1, -0.05) is 18.6 Å². The third kappa shape index (κ3) is 3.63. The van der Waals surface area contributed by atoms with Crippen LogP contribution in [0.15, 0.2) is 23.9 Å². The number of amides is 1. The molecule has 1 aromatic heterocycles. The van der Waals surface area contributed by atoms with Gasteiger partial charge < -0.3 is 15.6 Å². The maximum absolute atomic E-state index is 12.1. The van der Waals surface area contributed by atoms with E-state index in [2.05, 4.69) is 18.3 Å². The normalized spacial score (nSPS) is 14.5. The monoisotopic (exact) mass is 261 g/mol. The van der Waals surface area contributed by atoms with E-state index in [1.807, 2.05) is 10.8 Å². The smallest absolute Gasteiger partial charge is 0.267 e. The zero-order chi connectivity index (χ0) is 13.7. The molecule has 0 aliphatic heterocycles. The first kappa shape index (κ1) is 13.7. The molecule has 104 valence electrons. The number of carbonyl (C=O) groups is 1. The summed E-state index contributed by atoms with van der Waals surface area (Å²) in [5, 5.41) is 2.98. The van der Waals surface area contributed by atoms with Gasteiger partial charge in [-0.3, -0.25) is 4.79 Å². The molecule has 0 fully saturated rings. The molecule has 1 heterocycles. The van der Waals surface area contributed by atoms with Crippen molar-refractivity contribution < 1.29 is 4.79 Å². The van der Waals surface area contributed by atoms with Gasteiger partial charge in [0.15, 0.2) is 0 Å². The van der Waals surface area contributed by atoms with Gasteiger partial charge in [-0.25, -0.2) is 0 Å². The van der Waals surface area contributed by atoms with Crippen molar-refractivity contribution in [2.45, 2.75) is 45.6 Å². The fraction of sp³-hybridized carbons (Fsp3) is 0.533. The topological polar surface area (TPSA) is 60.0 Å². The van der Waals surface area contributed by atoms with E-state index in [-0.39, 0.29) is 5.91 Å². The summed E-state index contributed by atoms with van der Waals surface area (Å²) in [7, 11) is 0. The van der Waals surface area contributed by atoms with Gasteiger partial charge in [0.05, 0.1) is 5.69 Å². The molecule has 0 unspecified atom stereocenters. The van der Waals surface area contributed by atoms with Crippen LogP contribution in [0.1, 0.15) is 49.5 Å². The second-order valence-electron chi connectivity index (χ2n) is 5.11. The Morgan fingerprint density at radius 3 is 3.05 bits per heavy atom. The Kier molecular flexibility index (Phi) is 4.66. The average molecular weight is 261 g/mol. The van der Waals surface area contributed by atoms with E-state index >= 15 is 0 Å². The Hall–Kier alpha value is -1.71. The lowest BCUT2D eigenvalue weighted by Crippen LogP contribution is -2.27. The fourth-order valence-electron chi connectivity index (χ4n) is 2.54. The van der Waals surface area contributed by atoms with E-state index in [0.29, 0.717) is 17.9 Å². The van der Waals surface area contributed by atoms with Crippen molar-refractivity contribution in [1.82, 2.24) is 9.88 Å². The van der Waals surface area contributed by atoms with Crippen LogP contribution < -0.4 is 11.1 Å². The summed E-state index contributed by atoms with van der Waals surface area (Å²) in [5.41, 5.74) is 8.56. The molecule has 4 nitrogen and oxygen atoms in total. The first-order valence-corrected chi connectivity index (χ1v) is 7.12. The SMILES string of the molecule is CCCn1cc(N)cc1C(=O)NCCC1=CCCC1. The molecule has 0 saturated heterocycles. The number of nitrogen functional groups attached to an aromatic ring is 1. The highest BCUT2D eigenvalue weighted by molar-refractivity contribution is 5.93. The number of nitrogens with one attached hydrogen (secondary N) is 1. The maximum Gasteiger partial charge on any atom is 0.267 e. The van der Waals surface area contributed by atoms with E-state index < -0.39 is 0 Å². The van der Waals surface area contributed by atoms with Gasteiger partial charge in [0, 0.05) is 19.3 Å². The predicted molar refractivity (Wildman–Crippen MR) is 78.0 cm³/mol. The minimum Gasteiger partial charge on any atom is -0.397 e. The number of aromatic nitrogens is 1. The number of nitrogens with zero attached hydrogens (tertiary/aromatic N) is 1. The van der Waals surface area contributed by atoms with Gasteiger partial charge in [-0.2, -0.15) is 0 Å². The van der Waals surface area contributed by atoms with E-state index in [0.717, 1.165) is 19.4 Å².